The Morgan fingerprint density at radius 3 is 2.11 bits per heavy atom. The van der Waals surface area contributed by atoms with Crippen LogP contribution < -0.4 is 25.7 Å². The maximum absolute atomic E-state index is 13.1. The highest BCUT2D eigenvalue weighted by molar-refractivity contribution is 6.15. The van der Waals surface area contributed by atoms with E-state index >= 15 is 0 Å². The number of rotatable bonds is 9. The summed E-state index contributed by atoms with van der Waals surface area (Å²) in [5.41, 5.74) is 2.23. The third-order valence-electron chi connectivity index (χ3n) is 9.78. The Hall–Kier alpha value is -6.52. The number of piperidine rings is 1. The Kier molecular flexibility index (Phi) is 11.4. The van der Waals surface area contributed by atoms with E-state index in [-0.39, 0.29) is 11.8 Å². The summed E-state index contributed by atoms with van der Waals surface area (Å²) in [4.78, 5) is 45.5. The molecule has 6 aromatic carbocycles. The van der Waals surface area contributed by atoms with E-state index in [1.165, 1.54) is 33.5 Å². The fourth-order valence-electron chi connectivity index (χ4n) is 7.04. The summed E-state index contributed by atoms with van der Waals surface area (Å²) in [7, 11) is 3.04. The quantitative estimate of drug-likeness (QED) is 0.152. The Labute approximate surface area is 318 Å². The zero-order valence-electron chi connectivity index (χ0n) is 30.8. The highest BCUT2D eigenvalue weighted by Gasteiger charge is 2.21. The van der Waals surface area contributed by atoms with Crippen LogP contribution in [0, 0.1) is 0 Å². The molecule has 0 radical (unpaired) electrons. The van der Waals surface area contributed by atoms with Gasteiger partial charge in [-0.25, -0.2) is 9.78 Å². The lowest BCUT2D eigenvalue weighted by atomic mass is 10.0. The van der Waals surface area contributed by atoms with Crippen molar-refractivity contribution in [3.05, 3.63) is 143 Å². The van der Waals surface area contributed by atoms with Crippen molar-refractivity contribution in [2.24, 2.45) is 0 Å². The molecule has 1 aliphatic rings. The number of carbonyl (C=O) groups is 2. The minimum absolute atomic E-state index is 0.257. The van der Waals surface area contributed by atoms with Crippen LogP contribution in [0.2, 0.25) is 0 Å². The molecule has 2 heterocycles. The van der Waals surface area contributed by atoms with Crippen LogP contribution in [0.15, 0.2) is 131 Å². The molecule has 2 amide bonds. The Morgan fingerprint density at radius 1 is 0.709 bits per heavy atom. The largest absolute Gasteiger partial charge is 0.496 e. The molecule has 0 aliphatic carbocycles. The molecular formula is C45H42N4O6. The molecule has 1 aliphatic heterocycles. The second-order valence-electron chi connectivity index (χ2n) is 13.2. The minimum atomic E-state index is -0.449. The molecule has 0 spiro atoms. The van der Waals surface area contributed by atoms with Gasteiger partial charge in [-0.05, 0) is 83.9 Å². The Bertz CT molecular complexity index is 2530. The average molecular weight is 735 g/mol. The van der Waals surface area contributed by atoms with Gasteiger partial charge in [0.15, 0.2) is 0 Å². The number of anilines is 1. The number of nitrogens with zero attached hydrogens (tertiary/aromatic N) is 2. The van der Waals surface area contributed by atoms with Gasteiger partial charge in [-0.3, -0.25) is 9.59 Å². The number of fused-ring (bicyclic) bond motifs is 3. The van der Waals surface area contributed by atoms with Crippen molar-refractivity contribution in [1.29, 1.82) is 0 Å². The number of aromatic nitrogens is 1. The first kappa shape index (κ1) is 36.8. The van der Waals surface area contributed by atoms with E-state index in [2.05, 4.69) is 20.5 Å². The predicted molar refractivity (Wildman–Crippen MR) is 217 cm³/mol. The molecule has 0 bridgehead atoms. The van der Waals surface area contributed by atoms with Crippen LogP contribution in [-0.2, 0) is 0 Å². The average Bonchev–Trinajstić information content (AvgIpc) is 3.23. The highest BCUT2D eigenvalue weighted by Crippen LogP contribution is 2.30. The number of hydrogen-bond donors (Lipinski definition) is 2. The third kappa shape index (κ3) is 8.19. The van der Waals surface area contributed by atoms with Gasteiger partial charge < -0.3 is 29.4 Å². The maximum Gasteiger partial charge on any atom is 0.350 e. The topological polar surface area (TPSA) is 123 Å². The molecule has 0 atom stereocenters. The van der Waals surface area contributed by atoms with E-state index in [4.69, 9.17) is 13.9 Å². The molecular weight excluding hydrogens is 693 g/mol. The zero-order chi connectivity index (χ0) is 38.1. The molecule has 1 fully saturated rings. The number of amides is 2. The van der Waals surface area contributed by atoms with E-state index in [0.29, 0.717) is 51.7 Å². The number of ether oxygens (including phenoxy) is 2. The number of benzene rings is 6. The van der Waals surface area contributed by atoms with Gasteiger partial charge in [0.1, 0.15) is 22.4 Å². The molecule has 8 rings (SSSR count). The van der Waals surface area contributed by atoms with Crippen molar-refractivity contribution in [2.75, 3.05) is 45.7 Å². The van der Waals surface area contributed by atoms with E-state index in [9.17, 15) is 14.4 Å². The van der Waals surface area contributed by atoms with Crippen LogP contribution in [-0.4, -0.2) is 62.1 Å². The minimum Gasteiger partial charge on any atom is -0.496 e. The van der Waals surface area contributed by atoms with E-state index < -0.39 is 5.63 Å². The van der Waals surface area contributed by atoms with E-state index in [1.54, 1.807) is 42.5 Å². The maximum atomic E-state index is 13.1. The molecule has 10 nitrogen and oxygen atoms in total. The zero-order valence-corrected chi connectivity index (χ0v) is 30.8. The second kappa shape index (κ2) is 17.1. The molecule has 1 saturated heterocycles. The number of hydrogen-bond acceptors (Lipinski definition) is 8. The highest BCUT2D eigenvalue weighted by atomic mass is 16.5. The lowest BCUT2D eigenvalue weighted by molar-refractivity contribution is 0.0944. The van der Waals surface area contributed by atoms with Crippen LogP contribution >= 0.6 is 0 Å². The van der Waals surface area contributed by atoms with E-state index in [0.717, 1.165) is 46.7 Å². The summed E-state index contributed by atoms with van der Waals surface area (Å²) < 4.78 is 16.1. The molecule has 278 valence electrons. The van der Waals surface area contributed by atoms with Gasteiger partial charge in [-0.1, -0.05) is 91.3 Å². The molecule has 2 N–H and O–H groups in total. The molecule has 55 heavy (non-hydrogen) atoms. The van der Waals surface area contributed by atoms with Gasteiger partial charge in [0.2, 0.25) is 5.89 Å². The molecule has 10 heteroatoms. The summed E-state index contributed by atoms with van der Waals surface area (Å²) in [6, 6.07) is 37.7. The van der Waals surface area contributed by atoms with Gasteiger partial charge in [0.25, 0.3) is 11.8 Å². The first-order valence-corrected chi connectivity index (χ1v) is 18.4. The van der Waals surface area contributed by atoms with Crippen LogP contribution in [0.3, 0.4) is 0 Å². The Balaban J connectivity index is 0.000000178. The van der Waals surface area contributed by atoms with Gasteiger partial charge in [-0.2, -0.15) is 0 Å². The van der Waals surface area contributed by atoms with Gasteiger partial charge in [-0.15, -0.1) is 0 Å². The van der Waals surface area contributed by atoms with Crippen LogP contribution in [0.25, 0.3) is 43.9 Å². The number of nitrogens with one attached hydrogen (secondary N) is 2. The lowest BCUT2D eigenvalue weighted by Gasteiger charge is -2.26. The fraction of sp³-hybridized carbons (Fsp3) is 0.200. The van der Waals surface area contributed by atoms with E-state index in [1.807, 2.05) is 78.9 Å². The monoisotopic (exact) mass is 734 g/mol. The first-order chi connectivity index (χ1) is 26.9. The second-order valence-corrected chi connectivity index (χ2v) is 13.2. The first-order valence-electron chi connectivity index (χ1n) is 18.4. The lowest BCUT2D eigenvalue weighted by Crippen LogP contribution is -2.38. The fourth-order valence-corrected chi connectivity index (χ4v) is 7.04. The van der Waals surface area contributed by atoms with Crippen molar-refractivity contribution in [3.8, 4) is 23.0 Å². The normalized spacial score (nSPS) is 12.8. The summed E-state index contributed by atoms with van der Waals surface area (Å²) in [5.74, 6) is 0.682. The number of likely N-dealkylation sites (tertiary alicyclic amines) is 1. The third-order valence-corrected chi connectivity index (χ3v) is 9.78. The van der Waals surface area contributed by atoms with Gasteiger partial charge >= 0.3 is 5.63 Å². The standard InChI is InChI=1S/C26H29N3O3.C19H13NO3/c1-32-23-14-8-13-22(24(23)26(31)27-15-18-29-16-5-2-6-17-29)28-25(30)21-12-7-10-19-9-3-4-11-20(19)21;1-22-16-11-5-10-15-17(16)19(21)23-18(20-15)14-9-4-7-12-6-2-3-8-13(12)14/h3-4,7-14H,2,5-6,15-18H2,1H3,(H,27,31)(H,28,30);2-11H,1H3. The van der Waals surface area contributed by atoms with Gasteiger partial charge in [0.05, 0.1) is 25.4 Å². The van der Waals surface area contributed by atoms with Crippen LogP contribution in [0.5, 0.6) is 11.5 Å². The van der Waals surface area contributed by atoms with Crippen molar-refractivity contribution in [1.82, 2.24) is 15.2 Å². The van der Waals surface area contributed by atoms with Crippen molar-refractivity contribution in [2.45, 2.75) is 19.3 Å². The SMILES string of the molecule is COc1cccc(NC(=O)c2cccc3ccccc23)c1C(=O)NCCN1CCCCC1.COc1cccc2nc(-c3cccc4ccccc34)oc(=O)c12. The predicted octanol–water partition coefficient (Wildman–Crippen LogP) is 8.33. The van der Waals surface area contributed by atoms with Crippen LogP contribution in [0.1, 0.15) is 40.0 Å². The van der Waals surface area contributed by atoms with Crippen LogP contribution in [0.4, 0.5) is 5.69 Å². The smallest absolute Gasteiger partial charge is 0.350 e. The summed E-state index contributed by atoms with van der Waals surface area (Å²) >= 11 is 0. The summed E-state index contributed by atoms with van der Waals surface area (Å²) in [6.07, 6.45) is 3.71. The van der Waals surface area contributed by atoms with Crippen molar-refractivity contribution in [3.63, 3.8) is 0 Å². The molecule has 0 saturated carbocycles. The number of methoxy groups -OCH3 is 2. The van der Waals surface area contributed by atoms with Crippen molar-refractivity contribution < 1.29 is 23.5 Å². The van der Waals surface area contributed by atoms with Crippen molar-refractivity contribution >= 4 is 49.9 Å². The summed E-state index contributed by atoms with van der Waals surface area (Å²) in [5, 5.41) is 10.2. The molecule has 7 aromatic rings. The molecule has 0 unspecified atom stereocenters. The summed E-state index contributed by atoms with van der Waals surface area (Å²) in [6.45, 7) is 3.53. The van der Waals surface area contributed by atoms with Gasteiger partial charge in [0, 0.05) is 24.2 Å². The molecule has 1 aromatic heterocycles. The Morgan fingerprint density at radius 2 is 1.35 bits per heavy atom. The number of carbonyl (C=O) groups excluding carboxylic acids is 2.